The number of ether oxygens (including phenoxy) is 4. The number of allylic oxidation sites excluding steroid dienone is 1. The van der Waals surface area contributed by atoms with E-state index >= 15 is 0 Å². The molecular weight excluding hydrogens is 1640 g/mol. The molecule has 21 rings (SSSR count). The van der Waals surface area contributed by atoms with Crippen molar-refractivity contribution in [3.8, 4) is 30.3 Å². The van der Waals surface area contributed by atoms with Crippen molar-refractivity contribution >= 4 is 33.3 Å². The van der Waals surface area contributed by atoms with E-state index in [1.54, 1.807) is 37.5 Å². The average molecular weight is 1760 g/mol. The summed E-state index contributed by atoms with van der Waals surface area (Å²) in [5.74, 6) is 4.24. The zero-order valence-corrected chi connectivity index (χ0v) is 77.5. The number of aliphatic hydroxyl groups is 1. The standard InChI is InChI=1S/C17H23N3O2.C16H23BrN2O2.2C16H18N4O.C16H19N3O2.C15H19N3O/c1-11-13-5-4-12-14(10-18)20(3)19-15(12)16(13,2)6-7-17(11)21-8-9-22-17;1-10-12-5-4-11-13(18-19(3)14(11)17)15(12,2)6-7-16(10)20-8-9-21-16;1-9-12-5-4-11-13(7-17)20(3)19-15(11)16(12,2)6-10-8-18-21-14(9)10;1-9-11-6-5-10-13(8-17)20(4)19-15(10)16(11,2)7-12(18-3)14(9)21;1-9-12-5-4-11-13(7-17)19(3)18-15(11)16(12,2)6-10(8-20)14(9)21;1-9-11-5-4-10-12(8-16)18(3)17-14(10)15(11,2)7-6-13(9)19/h11,13H,4-9H2,1-3H3;10,12H,4-9H2,1-3H3;8-9,12H,4-6H2,1-3H3;9,11-12H,5-7H2,1-2,4H3;8-9,12,20H,4-6H2,1-3H3;9,11H,4-7H2,1-3H3/b;;;;10-8-;/t11-,13-,16-;10-,12-,15-;9-,12-,16-;9-,11-,12?,16-;9-,12-,16-;9-,11-,15-/m000000/s1. The molecule has 1 N–H and O–H groups in total. The highest BCUT2D eigenvalue weighted by atomic mass is 79.9. The van der Waals surface area contributed by atoms with Gasteiger partial charge in [-0.05, 0) is 161 Å². The largest absolute Gasteiger partial charge is 0.515 e. The molecule has 28 nitrogen and oxygen atoms in total. The Bertz CT molecular complexity index is 5790. The molecule has 5 saturated carbocycles. The predicted molar refractivity (Wildman–Crippen MR) is 462 cm³/mol. The molecule has 125 heavy (non-hydrogen) atoms. The first-order chi connectivity index (χ1) is 59.4. The second-order valence-electron chi connectivity index (χ2n) is 40.2. The molecule has 2 aliphatic heterocycles. The number of aryl methyl sites for hydroxylation is 6. The van der Waals surface area contributed by atoms with Crippen molar-refractivity contribution in [3.05, 3.63) is 141 Å². The van der Waals surface area contributed by atoms with Gasteiger partial charge in [0.05, 0.1) is 73.1 Å². The Hall–Kier alpha value is -9.72. The minimum Gasteiger partial charge on any atom is -0.515 e. The molecule has 12 aliphatic carbocycles. The fourth-order valence-corrected chi connectivity index (χ4v) is 27.9. The highest BCUT2D eigenvalue weighted by Crippen LogP contribution is 2.62. The smallest absolute Gasteiger partial charge is 0.282 e. The van der Waals surface area contributed by atoms with Crippen molar-refractivity contribution in [1.82, 2.24) is 63.8 Å². The van der Waals surface area contributed by atoms with Crippen LogP contribution in [0.4, 0.5) is 0 Å². The van der Waals surface area contributed by atoms with Gasteiger partial charge in [-0.25, -0.2) is 6.57 Å². The van der Waals surface area contributed by atoms with Crippen LogP contribution in [0.15, 0.2) is 27.2 Å². The van der Waals surface area contributed by atoms with Crippen molar-refractivity contribution in [2.24, 2.45) is 107 Å². The van der Waals surface area contributed by atoms with Crippen LogP contribution in [0.2, 0.25) is 0 Å². The second-order valence-corrected chi connectivity index (χ2v) is 41.0. The van der Waals surface area contributed by atoms with Crippen molar-refractivity contribution in [2.45, 2.75) is 274 Å². The number of hydrogen-bond acceptors (Lipinski definition) is 21. The zero-order valence-electron chi connectivity index (χ0n) is 75.9. The van der Waals surface area contributed by atoms with Gasteiger partial charge in [0.25, 0.3) is 6.04 Å². The minimum absolute atomic E-state index is 0.0282. The summed E-state index contributed by atoms with van der Waals surface area (Å²) < 4.78 is 41.2. The quantitative estimate of drug-likeness (QED) is 0.0837. The number of Topliss-reactive ketones (excluding diaryl/α,β-unsaturated/α-hetero) is 3. The maximum Gasteiger partial charge on any atom is 0.282 e. The monoisotopic (exact) mass is 1760 g/mol. The summed E-state index contributed by atoms with van der Waals surface area (Å²) in [5.41, 5.74) is 17.9. The summed E-state index contributed by atoms with van der Waals surface area (Å²) in [4.78, 5) is 40.1. The van der Waals surface area contributed by atoms with Crippen LogP contribution in [-0.2, 0) is 153 Å². The van der Waals surface area contributed by atoms with Crippen LogP contribution in [-0.4, -0.2) is 130 Å². The van der Waals surface area contributed by atoms with E-state index in [9.17, 15) is 45.8 Å². The third-order valence-electron chi connectivity index (χ3n) is 34.3. The molecule has 19 atom stereocenters. The summed E-state index contributed by atoms with van der Waals surface area (Å²) >= 11 is 3.70. The molecule has 7 aromatic rings. The fraction of sp³-hybridized carbons (Fsp3) is 0.667. The van der Waals surface area contributed by atoms with Gasteiger partial charge in [0.15, 0.2) is 17.4 Å². The van der Waals surface area contributed by atoms with Gasteiger partial charge in [0.1, 0.15) is 75.0 Å². The van der Waals surface area contributed by atoms with Crippen molar-refractivity contribution in [2.75, 3.05) is 26.4 Å². The highest BCUT2D eigenvalue weighted by Gasteiger charge is 2.62. The molecule has 0 aromatic carbocycles. The van der Waals surface area contributed by atoms with E-state index < -0.39 is 6.04 Å². The molecule has 14 aliphatic rings. The van der Waals surface area contributed by atoms with Gasteiger partial charge >= 0.3 is 0 Å². The normalized spacial score (nSPS) is 34.2. The molecule has 0 amide bonds. The Morgan fingerprint density at radius 2 is 0.792 bits per heavy atom. The Balaban J connectivity index is 0.000000111. The van der Waals surface area contributed by atoms with Crippen molar-refractivity contribution in [3.63, 3.8) is 0 Å². The number of nitriles is 5. The minimum atomic E-state index is -0.570. The first-order valence-corrected chi connectivity index (χ1v) is 46.0. The van der Waals surface area contributed by atoms with Gasteiger partial charge < -0.3 is 33.4 Å². The Morgan fingerprint density at radius 1 is 0.448 bits per heavy atom. The van der Waals surface area contributed by atoms with E-state index in [0.717, 1.165) is 195 Å². The SMILES string of the molecule is C[C@@H]1C(=O)/C(=C\O)C[C@]2(C)c3nn(C)c(C#N)c3CC[C@@H]12.C[C@@H]1C(=O)CC[C@]2(C)c3nn(C)c(C#N)c3CC[C@@H]12.C[C@@H]1c2oncc2C[C@]2(C)c3nn(C)c(C#N)c3CC[C@@H]12.C[C@H]1[C@@H]2CCc3c(nn(C)c3Br)[C@@]2(C)CCC12OCCO2.C[C@H]1[C@@H]2CCc3c(nn(C)c3C#N)[C@@]2(C)CCC12OCCO2.[C-]#[N+]C1C[C@]2(C)c3nn(C)c(C#N)c3CC[C@H]2[C@H](C)C1=O. The third-order valence-corrected chi connectivity index (χ3v) is 35.3. The average Bonchev–Trinajstić information content (AvgIpc) is 1.51. The van der Waals surface area contributed by atoms with E-state index in [0.29, 0.717) is 108 Å². The number of nitrogens with zero attached hydrogens (tertiary/aromatic N) is 19. The molecule has 2 spiro atoms. The summed E-state index contributed by atoms with van der Waals surface area (Å²) in [6, 6.07) is 10.8. The Kier molecular flexibility index (Phi) is 23.1. The molecule has 7 fully saturated rings. The number of aliphatic hydroxyl groups excluding tert-OH is 1. The molecule has 2 saturated heterocycles. The molecule has 9 heterocycles. The molecule has 7 aromatic heterocycles. The molecule has 1 unspecified atom stereocenters. The molecule has 0 radical (unpaired) electrons. The first-order valence-electron chi connectivity index (χ1n) is 45.3. The summed E-state index contributed by atoms with van der Waals surface area (Å²) in [6.07, 6.45) is 21.8. The van der Waals surface area contributed by atoms with Crippen LogP contribution in [0.25, 0.3) is 4.85 Å². The van der Waals surface area contributed by atoms with E-state index in [-0.39, 0.29) is 85.2 Å². The van der Waals surface area contributed by atoms with Gasteiger partial charge in [-0.3, -0.25) is 42.5 Å². The van der Waals surface area contributed by atoms with Crippen LogP contribution in [0.3, 0.4) is 0 Å². The zero-order chi connectivity index (χ0) is 89.6. The lowest BCUT2D eigenvalue weighted by Gasteiger charge is -2.53. The van der Waals surface area contributed by atoms with Gasteiger partial charge in [-0.2, -0.15) is 56.9 Å². The van der Waals surface area contributed by atoms with Gasteiger partial charge in [0.2, 0.25) is 5.78 Å². The van der Waals surface area contributed by atoms with Crippen molar-refractivity contribution in [1.29, 1.82) is 26.3 Å². The lowest BCUT2D eigenvalue weighted by molar-refractivity contribution is -0.234. The number of aromatic nitrogens is 13. The summed E-state index contributed by atoms with van der Waals surface area (Å²) in [5, 5.41) is 88.2. The van der Waals surface area contributed by atoms with E-state index in [1.807, 2.05) is 52.9 Å². The Labute approximate surface area is 741 Å². The maximum absolute atomic E-state index is 12.3. The van der Waals surface area contributed by atoms with Crippen LogP contribution in [0.5, 0.6) is 0 Å². The molecule has 660 valence electrons. The van der Waals surface area contributed by atoms with E-state index in [4.69, 9.17) is 45.3 Å². The number of fused-ring (bicyclic) bond motifs is 19. The number of halogens is 1. The number of carbonyl (C=O) groups is 3. The lowest BCUT2D eigenvalue weighted by atomic mass is 9.55. The molecular formula is C96H120BrN19O9. The van der Waals surface area contributed by atoms with Crippen molar-refractivity contribution < 1.29 is 43.0 Å². The number of hydrogen-bond donors (Lipinski definition) is 1. The van der Waals surface area contributed by atoms with Gasteiger partial charge in [0, 0.05) is 180 Å². The predicted octanol–water partition coefficient (Wildman–Crippen LogP) is 14.2. The highest BCUT2D eigenvalue weighted by molar-refractivity contribution is 9.10. The first kappa shape index (κ1) is 88.7. The summed E-state index contributed by atoms with van der Waals surface area (Å²) in [7, 11) is 11.2. The van der Waals surface area contributed by atoms with Crippen LogP contribution < -0.4 is 0 Å². The van der Waals surface area contributed by atoms with E-state index in [1.165, 1.54) is 28.8 Å². The summed E-state index contributed by atoms with van der Waals surface area (Å²) in [6.45, 7) is 36.4. The number of ketones is 3. The van der Waals surface area contributed by atoms with Crippen LogP contribution in [0, 0.1) is 128 Å². The van der Waals surface area contributed by atoms with Gasteiger partial charge in [-0.1, -0.05) is 88.2 Å². The number of carbonyl (C=O) groups excluding carboxylic acids is 3. The second kappa shape index (κ2) is 32.5. The fourth-order valence-electron chi connectivity index (χ4n) is 27.5. The lowest BCUT2D eigenvalue weighted by Crippen LogP contribution is -2.55. The number of rotatable bonds is 0. The molecule has 29 heteroatoms. The topological polar surface area (TPSA) is 365 Å². The molecule has 0 bridgehead atoms. The third kappa shape index (κ3) is 13.6. The van der Waals surface area contributed by atoms with Crippen LogP contribution >= 0.6 is 15.9 Å². The van der Waals surface area contributed by atoms with Gasteiger partial charge in [-0.15, -0.1) is 0 Å². The Morgan fingerprint density at radius 3 is 1.20 bits per heavy atom. The van der Waals surface area contributed by atoms with Crippen LogP contribution in [0.1, 0.15) is 286 Å². The maximum atomic E-state index is 12.3. The van der Waals surface area contributed by atoms with E-state index in [2.05, 4.69) is 141 Å².